The molecule has 0 bridgehead atoms. The summed E-state index contributed by atoms with van der Waals surface area (Å²) in [5, 5.41) is 2.68. The van der Waals surface area contributed by atoms with Crippen LogP contribution in [0.1, 0.15) is 18.1 Å². The van der Waals surface area contributed by atoms with Gasteiger partial charge in [-0.25, -0.2) is 8.78 Å². The molecule has 0 fully saturated rings. The number of rotatable bonds is 6. The molecule has 0 aliphatic carbocycles. The molecule has 0 atom stereocenters. The molecule has 0 saturated heterocycles. The van der Waals surface area contributed by atoms with E-state index in [1.54, 1.807) is 24.3 Å². The maximum absolute atomic E-state index is 12.9. The lowest BCUT2D eigenvalue weighted by atomic mass is 10.2. The molecule has 2 aromatic carbocycles. The van der Waals surface area contributed by atoms with Gasteiger partial charge in [0.2, 0.25) is 11.8 Å². The van der Waals surface area contributed by atoms with Crippen LogP contribution in [0.25, 0.3) is 0 Å². The van der Waals surface area contributed by atoms with Gasteiger partial charge in [-0.1, -0.05) is 24.3 Å². The third-order valence-electron chi connectivity index (χ3n) is 3.47. The zero-order valence-corrected chi connectivity index (χ0v) is 13.3. The third kappa shape index (κ3) is 5.46. The quantitative estimate of drug-likeness (QED) is 0.884. The number of halogens is 2. The highest BCUT2D eigenvalue weighted by Crippen LogP contribution is 2.07. The van der Waals surface area contributed by atoms with E-state index in [9.17, 15) is 18.4 Å². The molecule has 0 unspecified atom stereocenters. The summed E-state index contributed by atoms with van der Waals surface area (Å²) < 4.78 is 25.7. The molecule has 2 rings (SSSR count). The van der Waals surface area contributed by atoms with E-state index < -0.39 is 0 Å². The van der Waals surface area contributed by atoms with Crippen molar-refractivity contribution >= 4 is 11.8 Å². The highest BCUT2D eigenvalue weighted by molar-refractivity contribution is 5.83. The van der Waals surface area contributed by atoms with Crippen molar-refractivity contribution < 1.29 is 18.4 Å². The van der Waals surface area contributed by atoms with Gasteiger partial charge in [-0.15, -0.1) is 0 Å². The maximum atomic E-state index is 12.9. The molecule has 6 heteroatoms. The molecule has 0 radical (unpaired) electrons. The standard InChI is InChI=1S/C18H18F2N2O2/c1-13(23)22(11-15-4-8-17(20)9-5-15)12-18(24)21-10-14-2-6-16(19)7-3-14/h2-9H,10-12H2,1H3,(H,21,24). The molecule has 2 amide bonds. The van der Waals surface area contributed by atoms with Crippen LogP contribution >= 0.6 is 0 Å². The minimum Gasteiger partial charge on any atom is -0.350 e. The molecule has 0 heterocycles. The van der Waals surface area contributed by atoms with E-state index in [4.69, 9.17) is 0 Å². The highest BCUT2D eigenvalue weighted by Gasteiger charge is 2.14. The Morgan fingerprint density at radius 3 is 1.92 bits per heavy atom. The van der Waals surface area contributed by atoms with Gasteiger partial charge in [0, 0.05) is 20.0 Å². The second-order valence-corrected chi connectivity index (χ2v) is 5.40. The van der Waals surface area contributed by atoms with E-state index in [0.29, 0.717) is 0 Å². The van der Waals surface area contributed by atoms with Gasteiger partial charge in [0.15, 0.2) is 0 Å². The average Bonchev–Trinajstić information content (AvgIpc) is 2.55. The Morgan fingerprint density at radius 2 is 1.42 bits per heavy atom. The molecule has 0 aliphatic heterocycles. The lowest BCUT2D eigenvalue weighted by molar-refractivity contribution is -0.135. The van der Waals surface area contributed by atoms with Gasteiger partial charge >= 0.3 is 0 Å². The van der Waals surface area contributed by atoms with E-state index in [1.165, 1.54) is 36.1 Å². The Balaban J connectivity index is 1.89. The molecule has 0 aromatic heterocycles. The summed E-state index contributed by atoms with van der Waals surface area (Å²) in [7, 11) is 0. The average molecular weight is 332 g/mol. The van der Waals surface area contributed by atoms with Crippen LogP contribution in [0, 0.1) is 11.6 Å². The van der Waals surface area contributed by atoms with E-state index in [1.807, 2.05) is 0 Å². The van der Waals surface area contributed by atoms with Crippen LogP contribution in [0.5, 0.6) is 0 Å². The number of benzene rings is 2. The Kier molecular flexibility index (Phi) is 6.01. The first-order valence-corrected chi connectivity index (χ1v) is 7.45. The number of nitrogens with one attached hydrogen (secondary N) is 1. The Labute approximate surface area is 139 Å². The van der Waals surface area contributed by atoms with Gasteiger partial charge in [0.05, 0.1) is 6.54 Å². The molecule has 4 nitrogen and oxygen atoms in total. The zero-order chi connectivity index (χ0) is 17.5. The molecule has 0 spiro atoms. The lowest BCUT2D eigenvalue weighted by Gasteiger charge is -2.20. The van der Waals surface area contributed by atoms with Gasteiger partial charge in [0.25, 0.3) is 0 Å². The summed E-state index contributed by atoms with van der Waals surface area (Å²) in [6.07, 6.45) is 0. The van der Waals surface area contributed by atoms with Crippen LogP contribution in [-0.2, 0) is 22.7 Å². The van der Waals surface area contributed by atoms with Crippen molar-refractivity contribution in [2.24, 2.45) is 0 Å². The molecule has 24 heavy (non-hydrogen) atoms. The normalized spacial score (nSPS) is 10.3. The van der Waals surface area contributed by atoms with Gasteiger partial charge < -0.3 is 10.2 Å². The lowest BCUT2D eigenvalue weighted by Crippen LogP contribution is -2.39. The van der Waals surface area contributed by atoms with Gasteiger partial charge in [0.1, 0.15) is 11.6 Å². The predicted octanol–water partition coefficient (Wildman–Crippen LogP) is 2.63. The number of carbonyl (C=O) groups is 2. The molecule has 0 saturated carbocycles. The van der Waals surface area contributed by atoms with Crippen molar-refractivity contribution in [2.45, 2.75) is 20.0 Å². The fourth-order valence-corrected chi connectivity index (χ4v) is 2.12. The number of hydrogen-bond acceptors (Lipinski definition) is 2. The van der Waals surface area contributed by atoms with Gasteiger partial charge in [-0.2, -0.15) is 0 Å². The minimum absolute atomic E-state index is 0.103. The maximum Gasteiger partial charge on any atom is 0.239 e. The van der Waals surface area contributed by atoms with Crippen molar-refractivity contribution in [3.8, 4) is 0 Å². The van der Waals surface area contributed by atoms with E-state index in [-0.39, 0.29) is 43.1 Å². The largest absolute Gasteiger partial charge is 0.350 e. The second kappa shape index (κ2) is 8.19. The van der Waals surface area contributed by atoms with Crippen molar-refractivity contribution in [3.05, 3.63) is 71.3 Å². The first-order valence-electron chi connectivity index (χ1n) is 7.45. The second-order valence-electron chi connectivity index (χ2n) is 5.40. The summed E-state index contributed by atoms with van der Waals surface area (Å²) in [6, 6.07) is 11.6. The fourth-order valence-electron chi connectivity index (χ4n) is 2.12. The zero-order valence-electron chi connectivity index (χ0n) is 13.3. The number of nitrogens with zero attached hydrogens (tertiary/aromatic N) is 1. The van der Waals surface area contributed by atoms with Crippen molar-refractivity contribution in [2.75, 3.05) is 6.54 Å². The molecule has 1 N–H and O–H groups in total. The van der Waals surface area contributed by atoms with Crippen LogP contribution in [0.3, 0.4) is 0 Å². The van der Waals surface area contributed by atoms with E-state index >= 15 is 0 Å². The number of amides is 2. The molecular formula is C18H18F2N2O2. The van der Waals surface area contributed by atoms with Gasteiger partial charge in [-0.3, -0.25) is 9.59 Å². The van der Waals surface area contributed by atoms with Crippen LogP contribution in [-0.4, -0.2) is 23.3 Å². The van der Waals surface area contributed by atoms with Crippen LogP contribution in [0.2, 0.25) is 0 Å². The smallest absolute Gasteiger partial charge is 0.239 e. The molecule has 0 aliphatic rings. The summed E-state index contributed by atoms with van der Waals surface area (Å²) >= 11 is 0. The summed E-state index contributed by atoms with van der Waals surface area (Å²) in [5.74, 6) is -1.27. The Morgan fingerprint density at radius 1 is 0.917 bits per heavy atom. The highest BCUT2D eigenvalue weighted by atomic mass is 19.1. The van der Waals surface area contributed by atoms with E-state index in [2.05, 4.69) is 5.32 Å². The predicted molar refractivity (Wildman–Crippen MR) is 85.7 cm³/mol. The third-order valence-corrected chi connectivity index (χ3v) is 3.47. The molecular weight excluding hydrogens is 314 g/mol. The summed E-state index contributed by atoms with van der Waals surface area (Å²) in [4.78, 5) is 25.1. The first-order chi connectivity index (χ1) is 11.4. The number of hydrogen-bond donors (Lipinski definition) is 1. The Bertz CT molecular complexity index is 700. The minimum atomic E-state index is -0.356. The van der Waals surface area contributed by atoms with Crippen molar-refractivity contribution in [1.82, 2.24) is 10.2 Å². The van der Waals surface area contributed by atoms with Crippen LogP contribution in [0.15, 0.2) is 48.5 Å². The SMILES string of the molecule is CC(=O)N(CC(=O)NCc1ccc(F)cc1)Cc1ccc(F)cc1. The monoisotopic (exact) mass is 332 g/mol. The van der Waals surface area contributed by atoms with Gasteiger partial charge in [-0.05, 0) is 35.4 Å². The number of carbonyl (C=O) groups excluding carboxylic acids is 2. The van der Waals surface area contributed by atoms with E-state index in [0.717, 1.165) is 11.1 Å². The summed E-state index contributed by atoms with van der Waals surface area (Å²) in [6.45, 7) is 1.74. The molecule has 2 aromatic rings. The van der Waals surface area contributed by atoms with Crippen LogP contribution < -0.4 is 5.32 Å². The van der Waals surface area contributed by atoms with Crippen molar-refractivity contribution in [1.29, 1.82) is 0 Å². The Hall–Kier alpha value is -2.76. The van der Waals surface area contributed by atoms with Crippen LogP contribution in [0.4, 0.5) is 8.78 Å². The molecule has 126 valence electrons. The topological polar surface area (TPSA) is 49.4 Å². The fraction of sp³-hybridized carbons (Fsp3) is 0.222. The van der Waals surface area contributed by atoms with Crippen molar-refractivity contribution in [3.63, 3.8) is 0 Å². The first kappa shape index (κ1) is 17.6. The summed E-state index contributed by atoms with van der Waals surface area (Å²) in [5.41, 5.74) is 1.50.